The van der Waals surface area contributed by atoms with Crippen LogP contribution < -0.4 is 5.32 Å². The molecule has 4 heteroatoms. The molecular weight excluding hydrogens is 380 g/mol. The average Bonchev–Trinajstić information content (AvgIpc) is 2.12. The fourth-order valence-electron chi connectivity index (χ4n) is 0.455. The van der Waals surface area contributed by atoms with Gasteiger partial charge in [-0.05, 0) is 0 Å². The number of imide groups is 1. The summed E-state index contributed by atoms with van der Waals surface area (Å²) in [6.07, 6.45) is 4.28. The van der Waals surface area contributed by atoms with Crippen molar-refractivity contribution in [3.8, 4) is 0 Å². The molecule has 0 saturated carbocycles. The van der Waals surface area contributed by atoms with Crippen LogP contribution in [0.4, 0.5) is 0 Å². The third kappa shape index (κ3) is 5.57. The number of hydrogen-bond donors (Lipinski definition) is 1. The van der Waals surface area contributed by atoms with E-state index >= 15 is 0 Å². The minimum absolute atomic E-state index is 0. The monoisotopic (exact) mass is 391 g/mol. The maximum Gasteiger partial charge on any atom is 2.00 e. The summed E-state index contributed by atoms with van der Waals surface area (Å²) in [6.45, 7) is 5.54. The number of carbonyl (C=O) groups excluding carboxylic acids is 2. The van der Waals surface area contributed by atoms with Gasteiger partial charge in [-0.1, -0.05) is 6.92 Å². The van der Waals surface area contributed by atoms with Gasteiger partial charge < -0.3 is 16.5 Å². The molecule has 2 amide bonds. The van der Waals surface area contributed by atoms with E-state index in [-0.39, 0.29) is 37.0 Å². The molecular formula is C8H11NO2U. The molecule has 1 rings (SSSR count). The van der Waals surface area contributed by atoms with E-state index in [1.807, 2.05) is 25.6 Å². The summed E-state index contributed by atoms with van der Waals surface area (Å²) in [6, 6.07) is 0. The van der Waals surface area contributed by atoms with Crippen LogP contribution in [-0.2, 0) is 9.59 Å². The Bertz CT molecular complexity index is 199. The molecule has 0 radical (unpaired) electrons. The Kier molecular flexibility index (Phi) is 9.12. The Morgan fingerprint density at radius 3 is 1.83 bits per heavy atom. The van der Waals surface area contributed by atoms with E-state index in [2.05, 4.69) is 6.08 Å². The summed E-state index contributed by atoms with van der Waals surface area (Å²) >= 11 is 0. The number of amides is 2. The molecule has 1 aliphatic heterocycles. The normalized spacial score (nSPS) is 13.8. The summed E-state index contributed by atoms with van der Waals surface area (Å²) < 4.78 is 0. The van der Waals surface area contributed by atoms with Gasteiger partial charge >= 0.3 is 31.1 Å². The van der Waals surface area contributed by atoms with Crippen molar-refractivity contribution in [2.24, 2.45) is 0 Å². The first-order chi connectivity index (χ1) is 5.11. The Balaban J connectivity index is 0. The van der Waals surface area contributed by atoms with Crippen molar-refractivity contribution in [2.45, 2.75) is 20.8 Å². The quantitative estimate of drug-likeness (QED) is 0.486. The molecule has 0 aromatic carbocycles. The Hall–Kier alpha value is -0.0681. The molecule has 1 heterocycles. The van der Waals surface area contributed by atoms with Gasteiger partial charge in [0.05, 0.1) is 5.91 Å². The van der Waals surface area contributed by atoms with Crippen LogP contribution in [0.3, 0.4) is 0 Å². The number of nitrogens with one attached hydrogen (secondary N) is 1. The molecule has 1 N–H and O–H groups in total. The van der Waals surface area contributed by atoms with Crippen LogP contribution >= 0.6 is 0 Å². The van der Waals surface area contributed by atoms with Crippen LogP contribution in [0.15, 0.2) is 5.57 Å². The number of rotatable bonds is 0. The molecule has 1 aliphatic rings. The van der Waals surface area contributed by atoms with Crippen LogP contribution in [0.5, 0.6) is 0 Å². The third-order valence-electron chi connectivity index (χ3n) is 0.869. The smallest absolute Gasteiger partial charge is 0.384 e. The topological polar surface area (TPSA) is 46.2 Å². The van der Waals surface area contributed by atoms with Gasteiger partial charge in [0.25, 0.3) is 0 Å². The molecule has 0 bridgehead atoms. The van der Waals surface area contributed by atoms with Crippen molar-refractivity contribution in [1.82, 2.24) is 5.32 Å². The Morgan fingerprint density at radius 2 is 1.75 bits per heavy atom. The first-order valence-electron chi connectivity index (χ1n) is 3.31. The van der Waals surface area contributed by atoms with Gasteiger partial charge in [0.15, 0.2) is 0 Å². The van der Waals surface area contributed by atoms with E-state index in [0.717, 1.165) is 0 Å². The molecule has 0 fully saturated rings. The second kappa shape index (κ2) is 7.57. The van der Waals surface area contributed by atoms with Gasteiger partial charge in [0.2, 0.25) is 0 Å². The van der Waals surface area contributed by atoms with Crippen LogP contribution in [-0.4, -0.2) is 11.8 Å². The summed E-state index contributed by atoms with van der Waals surface area (Å²) in [7, 11) is 0. The minimum Gasteiger partial charge on any atom is -0.384 e. The third-order valence-corrected chi connectivity index (χ3v) is 0.869. The predicted molar refractivity (Wildman–Crippen MR) is 41.2 cm³/mol. The summed E-state index contributed by atoms with van der Waals surface area (Å²) in [5.41, 5.74) is 0.356. The second-order valence-corrected chi connectivity index (χ2v) is 2.11. The van der Waals surface area contributed by atoms with Crippen molar-refractivity contribution in [3.05, 3.63) is 18.1 Å². The van der Waals surface area contributed by atoms with E-state index in [9.17, 15) is 9.59 Å². The molecule has 0 spiro atoms. The van der Waals surface area contributed by atoms with Gasteiger partial charge in [0, 0.05) is 0 Å². The van der Waals surface area contributed by atoms with Crippen LogP contribution in [0.25, 0.3) is 0 Å². The van der Waals surface area contributed by atoms with Gasteiger partial charge in [0.1, 0.15) is 5.91 Å². The fraction of sp³-hybridized carbons (Fsp3) is 0.375. The predicted octanol–water partition coefficient (Wildman–Crippen LogP) is 0.623. The van der Waals surface area contributed by atoms with E-state index in [1.54, 1.807) is 6.92 Å². The van der Waals surface area contributed by atoms with Crippen LogP contribution in [0.1, 0.15) is 20.8 Å². The van der Waals surface area contributed by atoms with E-state index in [1.165, 1.54) is 0 Å². The van der Waals surface area contributed by atoms with E-state index < -0.39 is 5.91 Å². The van der Waals surface area contributed by atoms with Crippen LogP contribution in [0, 0.1) is 43.6 Å². The molecule has 0 saturated heterocycles. The largest absolute Gasteiger partial charge is 2.00 e. The molecule has 0 unspecified atom stereocenters. The van der Waals surface area contributed by atoms with Crippen molar-refractivity contribution < 1.29 is 40.7 Å². The molecule has 64 valence electrons. The fourth-order valence-corrected chi connectivity index (χ4v) is 0.455. The van der Waals surface area contributed by atoms with Crippen molar-refractivity contribution in [1.29, 1.82) is 0 Å². The second-order valence-electron chi connectivity index (χ2n) is 2.11. The zero-order valence-corrected chi connectivity index (χ0v) is 11.6. The number of carbonyl (C=O) groups is 2. The standard InChI is InChI=1S/C5H4NO2.C3H7.U/c1-3-2-4(7)6-5(3)8;1-3-2;/h1H3,(H,6,7,8);3H,1-2H3;/q2*-1;+2. The zero-order chi connectivity index (χ0) is 8.85. The SMILES string of the molecule is CC1=[C-]C(=O)NC1=O.C[CH-]C.[U+2]. The van der Waals surface area contributed by atoms with E-state index in [0.29, 0.717) is 5.57 Å². The van der Waals surface area contributed by atoms with Crippen molar-refractivity contribution in [2.75, 3.05) is 0 Å². The van der Waals surface area contributed by atoms with Gasteiger partial charge in [-0.25, -0.2) is 0 Å². The minimum atomic E-state index is -0.437. The van der Waals surface area contributed by atoms with Crippen molar-refractivity contribution >= 4 is 11.8 Å². The van der Waals surface area contributed by atoms with Gasteiger partial charge in [-0.2, -0.15) is 25.5 Å². The molecule has 12 heavy (non-hydrogen) atoms. The Labute approximate surface area is 96.4 Å². The molecule has 0 atom stereocenters. The van der Waals surface area contributed by atoms with Crippen LogP contribution in [0.2, 0.25) is 0 Å². The first kappa shape index (κ1) is 14.5. The molecule has 0 aliphatic carbocycles. The van der Waals surface area contributed by atoms with Crippen molar-refractivity contribution in [3.63, 3.8) is 0 Å². The zero-order valence-electron chi connectivity index (χ0n) is 7.39. The molecule has 0 aromatic heterocycles. The summed E-state index contributed by atoms with van der Waals surface area (Å²) in [4.78, 5) is 20.6. The van der Waals surface area contributed by atoms with Gasteiger partial charge in [-0.3, -0.25) is 4.79 Å². The number of hydrogen-bond acceptors (Lipinski definition) is 2. The summed E-state index contributed by atoms with van der Waals surface area (Å²) in [5.74, 6) is -0.775. The average molecular weight is 391 g/mol. The van der Waals surface area contributed by atoms with E-state index in [4.69, 9.17) is 0 Å². The van der Waals surface area contributed by atoms with Gasteiger partial charge in [-0.15, -0.1) is 0 Å². The summed E-state index contributed by atoms with van der Waals surface area (Å²) in [5, 5.41) is 2.04. The Morgan fingerprint density at radius 1 is 1.33 bits per heavy atom. The molecule has 3 nitrogen and oxygen atoms in total. The maximum absolute atomic E-state index is 10.4. The maximum atomic E-state index is 10.4. The first-order valence-corrected chi connectivity index (χ1v) is 3.31. The molecule has 0 aromatic rings.